The maximum Gasteiger partial charge on any atom is 0.243 e. The van der Waals surface area contributed by atoms with Crippen molar-refractivity contribution in [1.82, 2.24) is 10.3 Å². The lowest BCUT2D eigenvalue weighted by atomic mass is 10.1. The van der Waals surface area contributed by atoms with Gasteiger partial charge in [0.1, 0.15) is 0 Å². The van der Waals surface area contributed by atoms with Crippen molar-refractivity contribution in [2.45, 2.75) is 37.1 Å². The van der Waals surface area contributed by atoms with Crippen molar-refractivity contribution in [3.63, 3.8) is 0 Å². The molecule has 0 aliphatic carbocycles. The second kappa shape index (κ2) is 9.21. The van der Waals surface area contributed by atoms with Gasteiger partial charge in [0.2, 0.25) is 11.8 Å². The second-order valence-electron chi connectivity index (χ2n) is 7.31. The molecule has 1 atom stereocenters. The molecular formula is C22H25N3O4S. The molecule has 2 amide bonds. The number of hydrogen-bond acceptors (Lipinski definition) is 5. The van der Waals surface area contributed by atoms with Gasteiger partial charge in [0, 0.05) is 25.5 Å². The van der Waals surface area contributed by atoms with Crippen molar-refractivity contribution in [3.8, 4) is 0 Å². The highest BCUT2D eigenvalue weighted by Crippen LogP contribution is 2.17. The van der Waals surface area contributed by atoms with E-state index in [1.165, 1.54) is 17.1 Å². The summed E-state index contributed by atoms with van der Waals surface area (Å²) in [7, 11) is -3.26. The summed E-state index contributed by atoms with van der Waals surface area (Å²) in [4.78, 5) is 24.9. The monoisotopic (exact) mass is 427 g/mol. The molecule has 3 rings (SSSR count). The van der Waals surface area contributed by atoms with Crippen molar-refractivity contribution >= 4 is 27.4 Å². The van der Waals surface area contributed by atoms with E-state index >= 15 is 0 Å². The Morgan fingerprint density at radius 2 is 1.73 bits per heavy atom. The van der Waals surface area contributed by atoms with Crippen LogP contribution in [0.1, 0.15) is 43.4 Å². The molecule has 0 fully saturated rings. The summed E-state index contributed by atoms with van der Waals surface area (Å²) in [5.41, 5.74) is 2.67. The summed E-state index contributed by atoms with van der Waals surface area (Å²) in [5, 5.41) is 8.67. The first-order valence-corrected chi connectivity index (χ1v) is 11.7. The van der Waals surface area contributed by atoms with E-state index in [-0.39, 0.29) is 35.6 Å². The fourth-order valence-electron chi connectivity index (χ4n) is 3.22. The molecule has 1 heterocycles. The van der Waals surface area contributed by atoms with Crippen LogP contribution in [-0.4, -0.2) is 43.8 Å². The largest absolute Gasteiger partial charge is 0.350 e. The third-order valence-corrected chi connectivity index (χ3v) is 6.08. The Bertz CT molecular complexity index is 1050. The van der Waals surface area contributed by atoms with Crippen LogP contribution < -0.4 is 5.32 Å². The number of carbonyl (C=O) groups is 2. The predicted octanol–water partition coefficient (Wildman–Crippen LogP) is 2.68. The summed E-state index contributed by atoms with van der Waals surface area (Å²) < 4.78 is 23.1. The van der Waals surface area contributed by atoms with Crippen LogP contribution in [0.15, 0.2) is 64.6 Å². The van der Waals surface area contributed by atoms with Crippen LogP contribution in [0.3, 0.4) is 0 Å². The molecule has 2 aromatic carbocycles. The van der Waals surface area contributed by atoms with E-state index in [2.05, 4.69) is 10.4 Å². The van der Waals surface area contributed by atoms with E-state index in [1.807, 2.05) is 37.3 Å². The van der Waals surface area contributed by atoms with E-state index in [4.69, 9.17) is 0 Å². The van der Waals surface area contributed by atoms with Crippen LogP contribution in [0.25, 0.3) is 0 Å². The van der Waals surface area contributed by atoms with Crippen molar-refractivity contribution in [1.29, 1.82) is 0 Å². The van der Waals surface area contributed by atoms with Crippen LogP contribution >= 0.6 is 0 Å². The van der Waals surface area contributed by atoms with Crippen LogP contribution in [0.5, 0.6) is 0 Å². The molecule has 8 heteroatoms. The first kappa shape index (κ1) is 21.7. The Morgan fingerprint density at radius 3 is 2.37 bits per heavy atom. The Hall–Kier alpha value is -3.00. The zero-order chi connectivity index (χ0) is 21.7. The van der Waals surface area contributed by atoms with Gasteiger partial charge in [-0.2, -0.15) is 5.10 Å². The molecule has 1 N–H and O–H groups in total. The molecule has 2 aromatic rings. The zero-order valence-electron chi connectivity index (χ0n) is 17.0. The van der Waals surface area contributed by atoms with Crippen LogP contribution in [-0.2, 0) is 19.4 Å². The smallest absolute Gasteiger partial charge is 0.243 e. The molecule has 158 valence electrons. The van der Waals surface area contributed by atoms with Gasteiger partial charge in [0.25, 0.3) is 0 Å². The van der Waals surface area contributed by atoms with Crippen LogP contribution in [0.2, 0.25) is 0 Å². The number of hydrazone groups is 1. The van der Waals surface area contributed by atoms with Crippen LogP contribution in [0, 0.1) is 0 Å². The Morgan fingerprint density at radius 1 is 1.07 bits per heavy atom. The van der Waals surface area contributed by atoms with E-state index in [9.17, 15) is 18.0 Å². The molecule has 0 spiro atoms. The lowest BCUT2D eigenvalue weighted by Gasteiger charge is -2.15. The van der Waals surface area contributed by atoms with Gasteiger partial charge in [-0.15, -0.1) is 0 Å². The molecule has 0 aromatic heterocycles. The zero-order valence-corrected chi connectivity index (χ0v) is 17.9. The average molecular weight is 428 g/mol. The minimum atomic E-state index is -3.26. The standard InChI is InChI=1S/C22H25N3O4S/c1-16(17-8-10-19(11-9-17)30(2,28)29)23-21(26)12-13-22(27)25-15-14-20(24-25)18-6-4-3-5-7-18/h3-11,16H,12-15H2,1-2H3,(H,23,26). The third kappa shape index (κ3) is 5.54. The molecule has 7 nitrogen and oxygen atoms in total. The van der Waals surface area contributed by atoms with Gasteiger partial charge in [0.15, 0.2) is 9.84 Å². The quantitative estimate of drug-likeness (QED) is 0.735. The number of amides is 2. The van der Waals surface area contributed by atoms with Gasteiger partial charge in [-0.3, -0.25) is 9.59 Å². The fourth-order valence-corrected chi connectivity index (χ4v) is 3.85. The maximum atomic E-state index is 12.4. The van der Waals surface area contributed by atoms with E-state index in [0.29, 0.717) is 13.0 Å². The molecule has 0 saturated heterocycles. The molecule has 1 aliphatic rings. The summed E-state index contributed by atoms with van der Waals surface area (Å²) in [6, 6.07) is 15.8. The Balaban J connectivity index is 1.49. The number of nitrogens with zero attached hydrogens (tertiary/aromatic N) is 2. The van der Waals surface area contributed by atoms with E-state index < -0.39 is 9.84 Å². The summed E-state index contributed by atoms with van der Waals surface area (Å²) in [5.74, 6) is -0.421. The van der Waals surface area contributed by atoms with E-state index in [1.54, 1.807) is 12.1 Å². The molecular weight excluding hydrogens is 402 g/mol. The number of hydrogen-bond donors (Lipinski definition) is 1. The van der Waals surface area contributed by atoms with Crippen molar-refractivity contribution < 1.29 is 18.0 Å². The van der Waals surface area contributed by atoms with Gasteiger partial charge in [0.05, 0.1) is 23.2 Å². The molecule has 0 bridgehead atoms. The Labute approximate surface area is 176 Å². The fraction of sp³-hybridized carbons (Fsp3) is 0.318. The minimum Gasteiger partial charge on any atom is -0.350 e. The van der Waals surface area contributed by atoms with Crippen molar-refractivity contribution in [2.75, 3.05) is 12.8 Å². The molecule has 1 unspecified atom stereocenters. The summed E-state index contributed by atoms with van der Waals surface area (Å²) in [6.07, 6.45) is 1.99. The summed E-state index contributed by atoms with van der Waals surface area (Å²) in [6.45, 7) is 2.33. The number of carbonyl (C=O) groups excluding carboxylic acids is 2. The first-order chi connectivity index (χ1) is 14.2. The highest BCUT2D eigenvalue weighted by atomic mass is 32.2. The van der Waals surface area contributed by atoms with Crippen molar-refractivity contribution in [2.24, 2.45) is 5.10 Å². The average Bonchev–Trinajstić information content (AvgIpc) is 3.22. The molecule has 30 heavy (non-hydrogen) atoms. The third-order valence-electron chi connectivity index (χ3n) is 4.95. The first-order valence-electron chi connectivity index (χ1n) is 9.76. The number of sulfone groups is 1. The SMILES string of the molecule is CC(NC(=O)CCC(=O)N1CCC(c2ccccc2)=N1)c1ccc(S(C)(=O)=O)cc1. The predicted molar refractivity (Wildman–Crippen MR) is 115 cm³/mol. The van der Waals surface area contributed by atoms with Gasteiger partial charge in [-0.25, -0.2) is 13.4 Å². The maximum absolute atomic E-state index is 12.4. The normalized spacial score (nSPS) is 14.9. The van der Waals surface area contributed by atoms with Gasteiger partial charge < -0.3 is 5.32 Å². The Kier molecular flexibility index (Phi) is 6.66. The van der Waals surface area contributed by atoms with Gasteiger partial charge in [-0.1, -0.05) is 42.5 Å². The number of rotatable bonds is 7. The summed E-state index contributed by atoms with van der Waals surface area (Å²) >= 11 is 0. The highest BCUT2D eigenvalue weighted by molar-refractivity contribution is 7.90. The van der Waals surface area contributed by atoms with Crippen LogP contribution in [0.4, 0.5) is 0 Å². The molecule has 0 radical (unpaired) electrons. The van der Waals surface area contributed by atoms with Gasteiger partial charge in [-0.05, 0) is 30.2 Å². The van der Waals surface area contributed by atoms with Gasteiger partial charge >= 0.3 is 0 Å². The van der Waals surface area contributed by atoms with Crippen molar-refractivity contribution in [3.05, 3.63) is 65.7 Å². The lowest BCUT2D eigenvalue weighted by Crippen LogP contribution is -2.29. The second-order valence-corrected chi connectivity index (χ2v) is 9.33. The topological polar surface area (TPSA) is 95.9 Å². The minimum absolute atomic E-state index is 0.0668. The lowest BCUT2D eigenvalue weighted by molar-refractivity contribution is -0.133. The number of benzene rings is 2. The highest BCUT2D eigenvalue weighted by Gasteiger charge is 2.22. The molecule has 1 aliphatic heterocycles. The molecule has 0 saturated carbocycles. The van der Waals surface area contributed by atoms with E-state index in [0.717, 1.165) is 23.1 Å². The number of nitrogens with one attached hydrogen (secondary N) is 1.